The van der Waals surface area contributed by atoms with Crippen LogP contribution in [-0.4, -0.2) is 33.5 Å². The zero-order chi connectivity index (χ0) is 13.0. The zero-order valence-corrected chi connectivity index (χ0v) is 10.2. The molecule has 2 aromatic heterocycles. The summed E-state index contributed by atoms with van der Waals surface area (Å²) in [6, 6.07) is 3.92. The van der Waals surface area contributed by atoms with E-state index in [4.69, 9.17) is 5.11 Å². The van der Waals surface area contributed by atoms with Crippen molar-refractivity contribution in [3.05, 3.63) is 40.1 Å². The summed E-state index contributed by atoms with van der Waals surface area (Å²) >= 11 is 1.61. The molecule has 0 saturated heterocycles. The van der Waals surface area contributed by atoms with E-state index in [-0.39, 0.29) is 11.4 Å². The van der Waals surface area contributed by atoms with Gasteiger partial charge in [-0.3, -0.25) is 4.79 Å². The molecule has 0 radical (unpaired) electrons. The maximum atomic E-state index is 11.7. The molecule has 0 atom stereocenters. The molecular weight excluding hydrogens is 254 g/mol. The average Bonchev–Trinajstić information content (AvgIpc) is 2.99. The van der Waals surface area contributed by atoms with Crippen molar-refractivity contribution in [3.8, 4) is 0 Å². The van der Waals surface area contributed by atoms with Crippen LogP contribution in [0, 0.1) is 0 Å². The van der Waals surface area contributed by atoms with E-state index < -0.39 is 11.9 Å². The summed E-state index contributed by atoms with van der Waals surface area (Å²) in [7, 11) is 0. The highest BCUT2D eigenvalue weighted by atomic mass is 32.1. The normalized spacial score (nSPS) is 10.2. The van der Waals surface area contributed by atoms with Gasteiger partial charge in [0, 0.05) is 11.4 Å². The number of carbonyl (C=O) groups excluding carboxylic acids is 1. The summed E-state index contributed by atoms with van der Waals surface area (Å²) in [5.41, 5.74) is -0.280. The van der Waals surface area contributed by atoms with Crippen molar-refractivity contribution in [2.45, 2.75) is 6.42 Å². The van der Waals surface area contributed by atoms with Crippen LogP contribution in [0.2, 0.25) is 0 Å². The van der Waals surface area contributed by atoms with Gasteiger partial charge in [0.2, 0.25) is 0 Å². The number of carbonyl (C=O) groups is 2. The van der Waals surface area contributed by atoms with E-state index in [2.05, 4.69) is 15.3 Å². The molecule has 0 fully saturated rings. The number of nitrogens with zero attached hydrogens (tertiary/aromatic N) is 1. The summed E-state index contributed by atoms with van der Waals surface area (Å²) in [6.45, 7) is 0.450. The van der Waals surface area contributed by atoms with Crippen LogP contribution in [0.5, 0.6) is 0 Å². The van der Waals surface area contributed by atoms with Crippen molar-refractivity contribution in [1.82, 2.24) is 15.3 Å². The first-order valence-corrected chi connectivity index (χ1v) is 6.13. The molecule has 94 valence electrons. The third kappa shape index (κ3) is 2.75. The Labute approximate surface area is 107 Å². The number of nitrogens with one attached hydrogen (secondary N) is 2. The molecule has 7 heteroatoms. The Morgan fingerprint density at radius 3 is 3.00 bits per heavy atom. The third-order valence-corrected chi connectivity index (χ3v) is 3.24. The van der Waals surface area contributed by atoms with Gasteiger partial charge in [-0.05, 0) is 17.9 Å². The second-order valence-electron chi connectivity index (χ2n) is 3.52. The number of rotatable bonds is 5. The van der Waals surface area contributed by atoms with Gasteiger partial charge in [0.05, 0.1) is 6.33 Å². The van der Waals surface area contributed by atoms with Gasteiger partial charge in [0.1, 0.15) is 0 Å². The lowest BCUT2D eigenvalue weighted by atomic mass is 10.3. The van der Waals surface area contributed by atoms with Crippen molar-refractivity contribution >= 4 is 23.2 Å². The van der Waals surface area contributed by atoms with Crippen LogP contribution in [0.1, 0.15) is 25.9 Å². The highest BCUT2D eigenvalue weighted by molar-refractivity contribution is 7.09. The Hall–Kier alpha value is -2.15. The minimum Gasteiger partial charge on any atom is -0.477 e. The lowest BCUT2D eigenvalue weighted by molar-refractivity contribution is 0.0685. The fraction of sp³-hybridized carbons (Fsp3) is 0.182. The van der Waals surface area contributed by atoms with Gasteiger partial charge in [-0.2, -0.15) is 0 Å². The van der Waals surface area contributed by atoms with Crippen LogP contribution in [0.3, 0.4) is 0 Å². The van der Waals surface area contributed by atoms with Crippen molar-refractivity contribution in [3.63, 3.8) is 0 Å². The van der Waals surface area contributed by atoms with Gasteiger partial charge >= 0.3 is 5.97 Å². The number of H-pyrrole nitrogens is 1. The Morgan fingerprint density at radius 1 is 1.50 bits per heavy atom. The Kier molecular flexibility index (Phi) is 3.73. The molecule has 2 heterocycles. The maximum absolute atomic E-state index is 11.7. The van der Waals surface area contributed by atoms with Gasteiger partial charge in [-0.1, -0.05) is 6.07 Å². The van der Waals surface area contributed by atoms with Gasteiger partial charge in [0.15, 0.2) is 11.4 Å². The molecule has 0 spiro atoms. The minimum absolute atomic E-state index is 0.0892. The Morgan fingerprint density at radius 2 is 2.33 bits per heavy atom. The molecule has 1 amide bonds. The van der Waals surface area contributed by atoms with Crippen LogP contribution >= 0.6 is 11.3 Å². The van der Waals surface area contributed by atoms with Gasteiger partial charge in [-0.25, -0.2) is 9.78 Å². The predicted molar refractivity (Wildman–Crippen MR) is 65.9 cm³/mol. The van der Waals surface area contributed by atoms with Crippen molar-refractivity contribution in [2.24, 2.45) is 0 Å². The van der Waals surface area contributed by atoms with Crippen LogP contribution < -0.4 is 5.32 Å². The first kappa shape index (κ1) is 12.3. The maximum Gasteiger partial charge on any atom is 0.354 e. The Bertz CT molecular complexity index is 548. The van der Waals surface area contributed by atoms with E-state index >= 15 is 0 Å². The highest BCUT2D eigenvalue weighted by Gasteiger charge is 2.18. The topological polar surface area (TPSA) is 95.1 Å². The van der Waals surface area contributed by atoms with Crippen LogP contribution in [0.25, 0.3) is 0 Å². The summed E-state index contributed by atoms with van der Waals surface area (Å²) in [5.74, 6) is -1.68. The second kappa shape index (κ2) is 5.46. The number of imidazole rings is 1. The predicted octanol–water partition coefficient (Wildman–Crippen LogP) is 1.14. The molecule has 0 unspecified atom stereocenters. The number of aromatic nitrogens is 2. The summed E-state index contributed by atoms with van der Waals surface area (Å²) in [4.78, 5) is 29.8. The molecule has 0 saturated carbocycles. The molecule has 0 aliphatic heterocycles. The molecule has 2 rings (SSSR count). The Balaban J connectivity index is 1.91. The van der Waals surface area contributed by atoms with Gasteiger partial charge in [0.25, 0.3) is 5.91 Å². The van der Waals surface area contributed by atoms with Crippen LogP contribution in [-0.2, 0) is 6.42 Å². The van der Waals surface area contributed by atoms with Crippen molar-refractivity contribution in [2.75, 3.05) is 6.54 Å². The number of thiophene rings is 1. The number of carboxylic acids is 1. The molecule has 0 aromatic carbocycles. The van der Waals surface area contributed by atoms with E-state index in [1.807, 2.05) is 17.5 Å². The molecule has 6 nitrogen and oxygen atoms in total. The standard InChI is InChI=1S/C11H11N3O3S/c15-10(8-9(11(16)17)14-6-13-8)12-4-3-7-2-1-5-18-7/h1-2,5-6H,3-4H2,(H,12,15)(H,13,14)(H,16,17). The lowest BCUT2D eigenvalue weighted by Crippen LogP contribution is -2.27. The second-order valence-corrected chi connectivity index (χ2v) is 4.55. The summed E-state index contributed by atoms with van der Waals surface area (Å²) in [6.07, 6.45) is 1.91. The number of carboxylic acid groups (broad SMARTS) is 1. The highest BCUT2D eigenvalue weighted by Crippen LogP contribution is 2.08. The number of hydrogen-bond acceptors (Lipinski definition) is 4. The molecule has 18 heavy (non-hydrogen) atoms. The van der Waals surface area contributed by atoms with Gasteiger partial charge < -0.3 is 15.4 Å². The van der Waals surface area contributed by atoms with Crippen molar-refractivity contribution in [1.29, 1.82) is 0 Å². The van der Waals surface area contributed by atoms with E-state index in [0.717, 1.165) is 11.3 Å². The fourth-order valence-corrected chi connectivity index (χ4v) is 2.18. The van der Waals surface area contributed by atoms with Crippen LogP contribution in [0.15, 0.2) is 23.8 Å². The van der Waals surface area contributed by atoms with E-state index in [9.17, 15) is 9.59 Å². The summed E-state index contributed by atoms with van der Waals surface area (Å²) in [5, 5.41) is 13.4. The first-order chi connectivity index (χ1) is 8.68. The van der Waals surface area contributed by atoms with Crippen molar-refractivity contribution < 1.29 is 14.7 Å². The summed E-state index contributed by atoms with van der Waals surface area (Å²) < 4.78 is 0. The zero-order valence-electron chi connectivity index (χ0n) is 9.34. The molecule has 0 bridgehead atoms. The smallest absolute Gasteiger partial charge is 0.354 e. The minimum atomic E-state index is -1.20. The fourth-order valence-electron chi connectivity index (χ4n) is 1.47. The molecule has 2 aromatic rings. The number of hydrogen-bond donors (Lipinski definition) is 3. The number of amides is 1. The van der Waals surface area contributed by atoms with Crippen LogP contribution in [0.4, 0.5) is 0 Å². The van der Waals surface area contributed by atoms with E-state index in [0.29, 0.717) is 6.54 Å². The number of aromatic amines is 1. The monoisotopic (exact) mass is 265 g/mol. The first-order valence-electron chi connectivity index (χ1n) is 5.25. The van der Waals surface area contributed by atoms with Gasteiger partial charge in [-0.15, -0.1) is 11.3 Å². The molecule has 0 aliphatic rings. The van der Waals surface area contributed by atoms with E-state index in [1.165, 1.54) is 6.33 Å². The molecular formula is C11H11N3O3S. The SMILES string of the molecule is O=C(NCCc1cccs1)c1nc[nH]c1C(=O)O. The molecule has 0 aliphatic carbocycles. The third-order valence-electron chi connectivity index (χ3n) is 2.31. The quantitative estimate of drug-likeness (QED) is 0.755. The lowest BCUT2D eigenvalue weighted by Gasteiger charge is -2.02. The largest absolute Gasteiger partial charge is 0.477 e. The average molecular weight is 265 g/mol. The molecule has 3 N–H and O–H groups in total. The van der Waals surface area contributed by atoms with E-state index in [1.54, 1.807) is 11.3 Å². The number of aromatic carboxylic acids is 1.